The molecule has 4 rings (SSSR count). The minimum absolute atomic E-state index is 0.809. The molecule has 0 aliphatic rings. The van der Waals surface area contributed by atoms with Gasteiger partial charge in [0.15, 0.2) is 0 Å². The fourth-order valence-electron chi connectivity index (χ4n) is 2.95. The molecule has 4 nitrogen and oxygen atoms in total. The Morgan fingerprint density at radius 3 is 2.68 bits per heavy atom. The van der Waals surface area contributed by atoms with Crippen LogP contribution >= 0.6 is 12.6 Å². The van der Waals surface area contributed by atoms with Gasteiger partial charge >= 0.3 is 0 Å². The SMILES string of the molecule is Bc1c(OC)ccc2c(S)cc(-c3cnc(-c4ccccc4)[nH]3)nc12. The number of benzene rings is 2. The first-order valence-corrected chi connectivity index (χ1v) is 8.40. The summed E-state index contributed by atoms with van der Waals surface area (Å²) in [5.41, 5.74) is 4.60. The van der Waals surface area contributed by atoms with Crippen molar-refractivity contribution in [2.24, 2.45) is 0 Å². The van der Waals surface area contributed by atoms with Gasteiger partial charge < -0.3 is 9.72 Å². The highest BCUT2D eigenvalue weighted by molar-refractivity contribution is 7.80. The van der Waals surface area contributed by atoms with Crippen LogP contribution in [0.25, 0.3) is 33.7 Å². The Morgan fingerprint density at radius 1 is 1.12 bits per heavy atom. The van der Waals surface area contributed by atoms with Gasteiger partial charge in [-0.25, -0.2) is 9.97 Å². The van der Waals surface area contributed by atoms with Crippen LogP contribution in [0.2, 0.25) is 0 Å². The number of thiol groups is 1. The van der Waals surface area contributed by atoms with Gasteiger partial charge in [0, 0.05) is 15.8 Å². The lowest BCUT2D eigenvalue weighted by Gasteiger charge is -2.10. The maximum atomic E-state index is 5.42. The Balaban J connectivity index is 1.85. The first-order valence-electron chi connectivity index (χ1n) is 7.95. The average molecular weight is 345 g/mol. The summed E-state index contributed by atoms with van der Waals surface area (Å²) >= 11 is 4.64. The lowest BCUT2D eigenvalue weighted by molar-refractivity contribution is 0.418. The van der Waals surface area contributed by atoms with Crippen LogP contribution in [0.3, 0.4) is 0 Å². The molecule has 2 aromatic carbocycles. The molecule has 0 fully saturated rings. The Labute approximate surface area is 152 Å². The second-order valence-electron chi connectivity index (χ2n) is 5.83. The molecule has 0 aliphatic heterocycles. The van der Waals surface area contributed by atoms with Crippen LogP contribution in [0.4, 0.5) is 0 Å². The van der Waals surface area contributed by atoms with Crippen LogP contribution in [0.1, 0.15) is 0 Å². The van der Waals surface area contributed by atoms with Crippen molar-refractivity contribution in [1.82, 2.24) is 15.0 Å². The molecule has 4 aromatic rings. The molecule has 0 atom stereocenters. The van der Waals surface area contributed by atoms with Crippen LogP contribution in [-0.2, 0) is 0 Å². The number of pyridine rings is 1. The number of nitrogens with one attached hydrogen (secondary N) is 1. The summed E-state index contributed by atoms with van der Waals surface area (Å²) in [6, 6.07) is 15.9. The van der Waals surface area contributed by atoms with E-state index in [0.29, 0.717) is 0 Å². The molecule has 25 heavy (non-hydrogen) atoms. The van der Waals surface area contributed by atoms with Gasteiger partial charge in [0.2, 0.25) is 0 Å². The highest BCUT2D eigenvalue weighted by Gasteiger charge is 2.12. The summed E-state index contributed by atoms with van der Waals surface area (Å²) < 4.78 is 5.42. The summed E-state index contributed by atoms with van der Waals surface area (Å²) in [7, 11) is 3.67. The first kappa shape index (κ1) is 15.8. The van der Waals surface area contributed by atoms with Gasteiger partial charge in [0.25, 0.3) is 0 Å². The fourth-order valence-corrected chi connectivity index (χ4v) is 3.25. The quantitative estimate of drug-likeness (QED) is 0.443. The Hall–Kier alpha value is -2.73. The van der Waals surface area contributed by atoms with E-state index in [1.54, 1.807) is 13.3 Å². The molecular formula is C19H16BN3OS. The van der Waals surface area contributed by atoms with Crippen molar-refractivity contribution in [2.45, 2.75) is 4.90 Å². The lowest BCUT2D eigenvalue weighted by atomic mass is 9.91. The van der Waals surface area contributed by atoms with Crippen molar-refractivity contribution < 1.29 is 4.74 Å². The molecule has 122 valence electrons. The highest BCUT2D eigenvalue weighted by atomic mass is 32.1. The molecule has 0 aliphatic carbocycles. The van der Waals surface area contributed by atoms with E-state index in [4.69, 9.17) is 9.72 Å². The number of hydrogen-bond donors (Lipinski definition) is 2. The zero-order chi connectivity index (χ0) is 17.4. The minimum Gasteiger partial charge on any atom is -0.497 e. The van der Waals surface area contributed by atoms with Crippen molar-refractivity contribution in [1.29, 1.82) is 0 Å². The molecule has 0 spiro atoms. The fraction of sp³-hybridized carbons (Fsp3) is 0.0526. The Morgan fingerprint density at radius 2 is 1.92 bits per heavy atom. The highest BCUT2D eigenvalue weighted by Crippen LogP contribution is 2.28. The lowest BCUT2D eigenvalue weighted by Crippen LogP contribution is -2.10. The molecular weight excluding hydrogens is 329 g/mol. The standard InChI is InChI=1S/C19H16BN3OS/c1-24-15-8-7-12-16(25)9-13(22-18(12)17(15)20)14-10-21-19(23-14)11-5-3-2-4-6-11/h2-10H,20H2,1H3,(H,21,23)(H,22,25). The van der Waals surface area contributed by atoms with Crippen molar-refractivity contribution in [3.63, 3.8) is 0 Å². The van der Waals surface area contributed by atoms with E-state index in [1.807, 2.05) is 56.4 Å². The van der Waals surface area contributed by atoms with Gasteiger partial charge in [-0.2, -0.15) is 0 Å². The summed E-state index contributed by atoms with van der Waals surface area (Å²) in [6.45, 7) is 0. The van der Waals surface area contributed by atoms with Crippen LogP contribution in [0, 0.1) is 0 Å². The number of nitrogens with zero attached hydrogens (tertiary/aromatic N) is 2. The summed E-state index contributed by atoms with van der Waals surface area (Å²) in [5.74, 6) is 1.64. The molecule has 0 amide bonds. The molecule has 2 heterocycles. The third kappa shape index (κ3) is 2.78. The van der Waals surface area contributed by atoms with Crippen LogP contribution in [0.5, 0.6) is 5.75 Å². The van der Waals surface area contributed by atoms with Crippen molar-refractivity contribution in [3.05, 3.63) is 54.7 Å². The molecule has 0 saturated heterocycles. The zero-order valence-electron chi connectivity index (χ0n) is 13.9. The number of methoxy groups -OCH3 is 1. The van der Waals surface area contributed by atoms with Crippen molar-refractivity contribution >= 4 is 36.8 Å². The zero-order valence-corrected chi connectivity index (χ0v) is 14.8. The van der Waals surface area contributed by atoms with E-state index in [0.717, 1.165) is 49.8 Å². The number of aromatic nitrogens is 3. The second kappa shape index (κ2) is 6.29. The van der Waals surface area contributed by atoms with E-state index in [9.17, 15) is 0 Å². The molecule has 0 saturated carbocycles. The third-order valence-corrected chi connectivity index (χ3v) is 4.65. The molecule has 1 N–H and O–H groups in total. The molecule has 0 radical (unpaired) electrons. The Kier molecular flexibility index (Phi) is 3.97. The maximum Gasteiger partial charge on any atom is 0.147 e. The summed E-state index contributed by atoms with van der Waals surface area (Å²) in [4.78, 5) is 13.5. The predicted octanol–water partition coefficient (Wildman–Crippen LogP) is 2.85. The predicted molar refractivity (Wildman–Crippen MR) is 107 cm³/mol. The number of fused-ring (bicyclic) bond motifs is 1. The largest absolute Gasteiger partial charge is 0.497 e. The second-order valence-corrected chi connectivity index (χ2v) is 6.31. The summed E-state index contributed by atoms with van der Waals surface area (Å²) in [6.07, 6.45) is 1.80. The minimum atomic E-state index is 0.809. The van der Waals surface area contributed by atoms with E-state index in [1.165, 1.54) is 0 Å². The van der Waals surface area contributed by atoms with Gasteiger partial charge in [-0.3, -0.25) is 0 Å². The average Bonchev–Trinajstić information content (AvgIpc) is 3.13. The van der Waals surface area contributed by atoms with Gasteiger partial charge in [0.05, 0.1) is 30.2 Å². The number of ether oxygens (including phenoxy) is 1. The Bertz CT molecular complexity index is 1060. The third-order valence-electron chi connectivity index (χ3n) is 4.28. The van der Waals surface area contributed by atoms with Gasteiger partial charge in [-0.05, 0) is 23.7 Å². The number of imidazole rings is 1. The van der Waals surface area contributed by atoms with Crippen LogP contribution < -0.4 is 10.2 Å². The number of H-pyrrole nitrogens is 1. The van der Waals surface area contributed by atoms with Crippen molar-refractivity contribution in [2.75, 3.05) is 7.11 Å². The topological polar surface area (TPSA) is 50.8 Å². The van der Waals surface area contributed by atoms with Gasteiger partial charge in [-0.1, -0.05) is 30.3 Å². The molecule has 0 bridgehead atoms. The molecule has 0 unspecified atom stereocenters. The normalized spacial score (nSPS) is 11.0. The molecule has 6 heteroatoms. The first-order chi connectivity index (χ1) is 12.2. The number of rotatable bonds is 3. The van der Waals surface area contributed by atoms with Crippen LogP contribution in [-0.4, -0.2) is 29.9 Å². The van der Waals surface area contributed by atoms with Gasteiger partial charge in [-0.15, -0.1) is 12.6 Å². The van der Waals surface area contributed by atoms with E-state index < -0.39 is 0 Å². The van der Waals surface area contributed by atoms with E-state index >= 15 is 0 Å². The van der Waals surface area contributed by atoms with E-state index in [2.05, 4.69) is 22.6 Å². The summed E-state index contributed by atoms with van der Waals surface area (Å²) in [5, 5.41) is 1.01. The monoisotopic (exact) mass is 345 g/mol. The molecule has 2 aromatic heterocycles. The smallest absolute Gasteiger partial charge is 0.147 e. The maximum absolute atomic E-state index is 5.42. The van der Waals surface area contributed by atoms with Gasteiger partial charge in [0.1, 0.15) is 19.4 Å². The number of aromatic amines is 1. The van der Waals surface area contributed by atoms with E-state index in [-0.39, 0.29) is 0 Å². The van der Waals surface area contributed by atoms with Crippen LogP contribution in [0.15, 0.2) is 59.6 Å². The number of hydrogen-bond acceptors (Lipinski definition) is 4. The van der Waals surface area contributed by atoms with Crippen molar-refractivity contribution in [3.8, 4) is 28.5 Å².